The lowest BCUT2D eigenvalue weighted by Gasteiger charge is -2.36. The molecule has 1 aromatic carbocycles. The summed E-state index contributed by atoms with van der Waals surface area (Å²) >= 11 is 0. The Morgan fingerprint density at radius 3 is 2.95 bits per heavy atom. The fourth-order valence-corrected chi connectivity index (χ4v) is 3.63. The molecule has 2 N–H and O–H groups in total. The Balaban J connectivity index is 1.73. The van der Waals surface area contributed by atoms with Crippen LogP contribution in [-0.2, 0) is 0 Å². The number of phenols is 1. The van der Waals surface area contributed by atoms with Crippen LogP contribution in [0.4, 0.5) is 0 Å². The molecule has 1 aromatic rings. The summed E-state index contributed by atoms with van der Waals surface area (Å²) in [6, 6.07) is 5.79. The summed E-state index contributed by atoms with van der Waals surface area (Å²) in [5.41, 5.74) is 1.44. The Hall–Kier alpha value is -1.55. The Labute approximate surface area is 126 Å². The van der Waals surface area contributed by atoms with Crippen LogP contribution in [0.15, 0.2) is 18.2 Å². The number of hydrogen-bond acceptors (Lipinski definition) is 3. The molecule has 0 saturated carbocycles. The molecule has 2 fully saturated rings. The van der Waals surface area contributed by atoms with Crippen LogP contribution in [0.1, 0.15) is 41.6 Å². The van der Waals surface area contributed by atoms with E-state index in [0.29, 0.717) is 17.5 Å². The van der Waals surface area contributed by atoms with Crippen molar-refractivity contribution >= 4 is 5.91 Å². The Morgan fingerprint density at radius 2 is 2.19 bits per heavy atom. The average molecular weight is 288 g/mol. The summed E-state index contributed by atoms with van der Waals surface area (Å²) in [5.74, 6) is 0.614. The van der Waals surface area contributed by atoms with Gasteiger partial charge in [0.2, 0.25) is 0 Å². The first-order chi connectivity index (χ1) is 10.1. The second-order valence-corrected chi connectivity index (χ2v) is 6.38. The first-order valence-corrected chi connectivity index (χ1v) is 7.97. The van der Waals surface area contributed by atoms with Crippen LogP contribution in [0.2, 0.25) is 0 Å². The van der Waals surface area contributed by atoms with Crippen LogP contribution < -0.4 is 5.32 Å². The molecule has 114 valence electrons. The lowest BCUT2D eigenvalue weighted by atomic mass is 9.89. The van der Waals surface area contributed by atoms with E-state index in [1.807, 2.05) is 17.9 Å². The molecule has 2 atom stereocenters. The molecular formula is C17H24N2O2. The number of amides is 1. The minimum Gasteiger partial charge on any atom is -0.507 e. The molecule has 2 aliphatic rings. The zero-order valence-electron chi connectivity index (χ0n) is 12.6. The maximum absolute atomic E-state index is 12.7. The third-order valence-electron chi connectivity index (χ3n) is 4.79. The van der Waals surface area contributed by atoms with Crippen molar-refractivity contribution in [1.29, 1.82) is 0 Å². The Kier molecular flexibility index (Phi) is 4.15. The van der Waals surface area contributed by atoms with E-state index in [0.717, 1.165) is 31.6 Å². The maximum Gasteiger partial charge on any atom is 0.257 e. The van der Waals surface area contributed by atoms with Crippen LogP contribution in [0.3, 0.4) is 0 Å². The van der Waals surface area contributed by atoms with E-state index >= 15 is 0 Å². The van der Waals surface area contributed by atoms with Crippen molar-refractivity contribution in [3.05, 3.63) is 29.3 Å². The van der Waals surface area contributed by atoms with Crippen molar-refractivity contribution in [2.75, 3.05) is 19.6 Å². The molecule has 21 heavy (non-hydrogen) atoms. The predicted octanol–water partition coefficient (Wildman–Crippen LogP) is 2.30. The van der Waals surface area contributed by atoms with Gasteiger partial charge in [-0.2, -0.15) is 0 Å². The molecule has 1 amide bonds. The smallest absolute Gasteiger partial charge is 0.257 e. The largest absolute Gasteiger partial charge is 0.507 e. The van der Waals surface area contributed by atoms with Gasteiger partial charge in [0.1, 0.15) is 5.75 Å². The van der Waals surface area contributed by atoms with Gasteiger partial charge in [0.25, 0.3) is 5.91 Å². The standard InChI is InChI=1S/C17H24N2O2/c1-12-6-7-16(20)14(10-12)17(21)19-9-3-4-13(11-19)15-5-2-8-18-15/h6-7,10,13,15,18,20H,2-5,8-9,11H2,1H3. The van der Waals surface area contributed by atoms with Crippen LogP contribution in [0.25, 0.3) is 0 Å². The third-order valence-corrected chi connectivity index (χ3v) is 4.79. The van der Waals surface area contributed by atoms with Gasteiger partial charge < -0.3 is 15.3 Å². The highest BCUT2D eigenvalue weighted by Crippen LogP contribution is 2.27. The van der Waals surface area contributed by atoms with Crippen molar-refractivity contribution in [2.45, 2.75) is 38.6 Å². The van der Waals surface area contributed by atoms with Crippen molar-refractivity contribution in [2.24, 2.45) is 5.92 Å². The van der Waals surface area contributed by atoms with Gasteiger partial charge in [-0.3, -0.25) is 4.79 Å². The summed E-state index contributed by atoms with van der Waals surface area (Å²) in [5, 5.41) is 13.5. The first-order valence-electron chi connectivity index (χ1n) is 7.97. The molecule has 4 heteroatoms. The zero-order valence-corrected chi connectivity index (χ0v) is 12.6. The van der Waals surface area contributed by atoms with Gasteiger partial charge in [-0.15, -0.1) is 0 Å². The highest BCUT2D eigenvalue weighted by molar-refractivity contribution is 5.97. The summed E-state index contributed by atoms with van der Waals surface area (Å²) in [4.78, 5) is 14.6. The number of nitrogens with zero attached hydrogens (tertiary/aromatic N) is 1. The fourth-order valence-electron chi connectivity index (χ4n) is 3.63. The minimum atomic E-state index is -0.0288. The van der Waals surface area contributed by atoms with Gasteiger partial charge in [-0.25, -0.2) is 0 Å². The van der Waals surface area contributed by atoms with E-state index in [1.54, 1.807) is 12.1 Å². The zero-order chi connectivity index (χ0) is 14.8. The monoisotopic (exact) mass is 288 g/mol. The van der Waals surface area contributed by atoms with E-state index in [4.69, 9.17) is 0 Å². The number of benzene rings is 1. The number of likely N-dealkylation sites (tertiary alicyclic amines) is 1. The second-order valence-electron chi connectivity index (χ2n) is 6.38. The summed E-state index contributed by atoms with van der Waals surface area (Å²) < 4.78 is 0. The summed E-state index contributed by atoms with van der Waals surface area (Å²) in [6.07, 6.45) is 4.72. The lowest BCUT2D eigenvalue weighted by molar-refractivity contribution is 0.0648. The first kappa shape index (κ1) is 14.4. The molecule has 0 aromatic heterocycles. The minimum absolute atomic E-state index is 0.0288. The number of hydrogen-bond donors (Lipinski definition) is 2. The summed E-state index contributed by atoms with van der Waals surface area (Å²) in [7, 11) is 0. The molecular weight excluding hydrogens is 264 g/mol. The molecule has 0 spiro atoms. The molecule has 2 saturated heterocycles. The third kappa shape index (κ3) is 3.05. The van der Waals surface area contributed by atoms with E-state index in [9.17, 15) is 9.90 Å². The van der Waals surface area contributed by atoms with Gasteiger partial charge in [0, 0.05) is 19.1 Å². The van der Waals surface area contributed by atoms with Crippen LogP contribution in [0, 0.1) is 12.8 Å². The number of piperidine rings is 1. The number of phenolic OH excluding ortho intramolecular Hbond substituents is 1. The van der Waals surface area contributed by atoms with E-state index in [-0.39, 0.29) is 11.7 Å². The highest BCUT2D eigenvalue weighted by atomic mass is 16.3. The second kappa shape index (κ2) is 6.06. The topological polar surface area (TPSA) is 52.6 Å². The molecule has 4 nitrogen and oxygen atoms in total. The van der Waals surface area contributed by atoms with Crippen molar-refractivity contribution in [3.63, 3.8) is 0 Å². The molecule has 2 heterocycles. The van der Waals surface area contributed by atoms with E-state index < -0.39 is 0 Å². The van der Waals surface area contributed by atoms with Crippen LogP contribution >= 0.6 is 0 Å². The van der Waals surface area contributed by atoms with Crippen LogP contribution in [-0.4, -0.2) is 41.6 Å². The normalized spacial score (nSPS) is 26.0. The predicted molar refractivity (Wildman–Crippen MR) is 82.5 cm³/mol. The quantitative estimate of drug-likeness (QED) is 0.878. The number of rotatable bonds is 2. The van der Waals surface area contributed by atoms with E-state index in [2.05, 4.69) is 5.32 Å². The van der Waals surface area contributed by atoms with Gasteiger partial charge in [-0.05, 0) is 57.2 Å². The Morgan fingerprint density at radius 1 is 1.33 bits per heavy atom. The fraction of sp³-hybridized carbons (Fsp3) is 0.588. The molecule has 3 rings (SSSR count). The van der Waals surface area contributed by atoms with E-state index in [1.165, 1.54) is 19.3 Å². The molecule has 2 unspecified atom stereocenters. The lowest BCUT2D eigenvalue weighted by Crippen LogP contribution is -2.45. The van der Waals surface area contributed by atoms with Gasteiger partial charge in [0.05, 0.1) is 5.56 Å². The van der Waals surface area contributed by atoms with Gasteiger partial charge in [0.15, 0.2) is 0 Å². The van der Waals surface area contributed by atoms with Crippen LogP contribution in [0.5, 0.6) is 5.75 Å². The number of nitrogens with one attached hydrogen (secondary N) is 1. The molecule has 0 aliphatic carbocycles. The average Bonchev–Trinajstić information content (AvgIpc) is 3.03. The number of aryl methyl sites for hydroxylation is 1. The van der Waals surface area contributed by atoms with Crippen molar-refractivity contribution in [1.82, 2.24) is 10.2 Å². The van der Waals surface area contributed by atoms with Gasteiger partial charge >= 0.3 is 0 Å². The van der Waals surface area contributed by atoms with Gasteiger partial charge in [-0.1, -0.05) is 11.6 Å². The van der Waals surface area contributed by atoms with Crippen molar-refractivity contribution in [3.8, 4) is 5.75 Å². The maximum atomic E-state index is 12.7. The molecule has 2 aliphatic heterocycles. The number of carbonyl (C=O) groups excluding carboxylic acids is 1. The Bertz CT molecular complexity index is 524. The molecule has 0 radical (unpaired) electrons. The number of carbonyl (C=O) groups is 1. The molecule has 0 bridgehead atoms. The SMILES string of the molecule is Cc1ccc(O)c(C(=O)N2CCCC(C3CCCN3)C2)c1. The van der Waals surface area contributed by atoms with Crippen molar-refractivity contribution < 1.29 is 9.90 Å². The highest BCUT2D eigenvalue weighted by Gasteiger charge is 2.31. The number of aromatic hydroxyl groups is 1. The summed E-state index contributed by atoms with van der Waals surface area (Å²) in [6.45, 7) is 4.66.